The Balaban J connectivity index is 2.20. The van der Waals surface area contributed by atoms with E-state index in [-0.39, 0.29) is 0 Å². The third-order valence-electron chi connectivity index (χ3n) is 3.77. The van der Waals surface area contributed by atoms with Crippen LogP contribution in [0.15, 0.2) is 36.4 Å². The number of rotatable bonds is 6. The van der Waals surface area contributed by atoms with E-state index in [2.05, 4.69) is 10.4 Å². The highest BCUT2D eigenvalue weighted by atomic mass is 16.4. The highest BCUT2D eigenvalue weighted by Crippen LogP contribution is 2.19. The van der Waals surface area contributed by atoms with Crippen LogP contribution >= 0.6 is 0 Å². The maximum Gasteiger partial charge on any atom is 0.326 e. The molecule has 6 nitrogen and oxygen atoms in total. The van der Waals surface area contributed by atoms with Gasteiger partial charge in [-0.3, -0.25) is 4.79 Å². The minimum absolute atomic E-state index is 0.332. The van der Waals surface area contributed by atoms with E-state index in [9.17, 15) is 9.59 Å². The quantitative estimate of drug-likeness (QED) is 0.798. The fraction of sp³-hybridized carbons (Fsp3) is 0.278. The molecular formula is C18H21N3O3. The van der Waals surface area contributed by atoms with Gasteiger partial charge in [0.1, 0.15) is 6.04 Å². The van der Waals surface area contributed by atoms with Crippen LogP contribution in [0.4, 0.5) is 0 Å². The molecule has 0 aliphatic carbocycles. The van der Waals surface area contributed by atoms with Crippen molar-refractivity contribution in [3.05, 3.63) is 53.4 Å². The Labute approximate surface area is 140 Å². The van der Waals surface area contributed by atoms with Crippen LogP contribution in [0.2, 0.25) is 0 Å². The first-order valence-corrected chi connectivity index (χ1v) is 7.77. The summed E-state index contributed by atoms with van der Waals surface area (Å²) in [7, 11) is 0. The Morgan fingerprint density at radius 1 is 1.29 bits per heavy atom. The molecule has 2 N–H and O–H groups in total. The highest BCUT2D eigenvalue weighted by molar-refractivity contribution is 5.94. The molecule has 1 aromatic carbocycles. The standard InChI is InChI=1S/C18H21N3O3/c1-4-16(18(23)24)19-17(22)11-10-15-12(2)20-21(13(15)3)14-8-6-5-7-9-14/h5-11,16H,4H2,1-3H3,(H,19,22)(H,23,24)/b11-10+. The molecule has 0 bridgehead atoms. The second kappa shape index (κ2) is 7.59. The van der Waals surface area contributed by atoms with E-state index in [1.54, 1.807) is 13.0 Å². The van der Waals surface area contributed by atoms with Gasteiger partial charge in [-0.25, -0.2) is 9.48 Å². The number of nitrogens with one attached hydrogen (secondary N) is 1. The molecule has 1 heterocycles. The third-order valence-corrected chi connectivity index (χ3v) is 3.77. The van der Waals surface area contributed by atoms with Gasteiger partial charge in [0.2, 0.25) is 5.91 Å². The number of carbonyl (C=O) groups excluding carboxylic acids is 1. The van der Waals surface area contributed by atoms with Crippen LogP contribution in [0.3, 0.4) is 0 Å². The molecule has 0 aliphatic rings. The monoisotopic (exact) mass is 327 g/mol. The van der Waals surface area contributed by atoms with Crippen LogP contribution in [-0.4, -0.2) is 32.8 Å². The van der Waals surface area contributed by atoms with E-state index in [1.165, 1.54) is 6.08 Å². The summed E-state index contributed by atoms with van der Waals surface area (Å²) < 4.78 is 1.82. The lowest BCUT2D eigenvalue weighted by molar-refractivity contribution is -0.141. The first kappa shape index (κ1) is 17.5. The number of amides is 1. The number of aryl methyl sites for hydroxylation is 1. The number of para-hydroxylation sites is 1. The number of hydrogen-bond donors (Lipinski definition) is 2. The number of aromatic nitrogens is 2. The number of carboxylic acid groups (broad SMARTS) is 1. The Morgan fingerprint density at radius 2 is 1.96 bits per heavy atom. The molecule has 1 aromatic heterocycles. The molecule has 1 atom stereocenters. The van der Waals surface area contributed by atoms with Crippen LogP contribution < -0.4 is 5.32 Å². The van der Waals surface area contributed by atoms with Crippen molar-refractivity contribution in [3.63, 3.8) is 0 Å². The Hall–Kier alpha value is -2.89. The van der Waals surface area contributed by atoms with Gasteiger partial charge in [-0.1, -0.05) is 25.1 Å². The molecule has 6 heteroatoms. The van der Waals surface area contributed by atoms with Crippen molar-refractivity contribution in [1.29, 1.82) is 0 Å². The second-order valence-corrected chi connectivity index (χ2v) is 5.47. The van der Waals surface area contributed by atoms with Crippen LogP contribution in [0.5, 0.6) is 0 Å². The van der Waals surface area contributed by atoms with Gasteiger partial charge >= 0.3 is 5.97 Å². The molecule has 0 aliphatic heterocycles. The Morgan fingerprint density at radius 3 is 2.54 bits per heavy atom. The lowest BCUT2D eigenvalue weighted by Crippen LogP contribution is -2.39. The third kappa shape index (κ3) is 3.90. The number of carboxylic acids is 1. The van der Waals surface area contributed by atoms with E-state index >= 15 is 0 Å². The maximum atomic E-state index is 11.9. The molecule has 0 radical (unpaired) electrons. The van der Waals surface area contributed by atoms with E-state index in [0.717, 1.165) is 22.6 Å². The SMILES string of the molecule is CCC(NC(=O)/C=C/c1c(C)nn(-c2ccccc2)c1C)C(=O)O. The average molecular weight is 327 g/mol. The molecule has 24 heavy (non-hydrogen) atoms. The summed E-state index contributed by atoms with van der Waals surface area (Å²) in [6.45, 7) is 5.51. The zero-order chi connectivity index (χ0) is 17.7. The summed E-state index contributed by atoms with van der Waals surface area (Å²) in [5.41, 5.74) is 3.50. The molecule has 2 aromatic rings. The number of nitrogens with zero attached hydrogens (tertiary/aromatic N) is 2. The largest absolute Gasteiger partial charge is 0.480 e. The smallest absolute Gasteiger partial charge is 0.326 e. The lowest BCUT2D eigenvalue weighted by Gasteiger charge is -2.09. The number of aliphatic carboxylic acids is 1. The Bertz CT molecular complexity index is 763. The van der Waals surface area contributed by atoms with Crippen molar-refractivity contribution < 1.29 is 14.7 Å². The van der Waals surface area contributed by atoms with Gasteiger partial charge in [0.05, 0.1) is 11.4 Å². The predicted octanol–water partition coefficient (Wildman–Crippen LogP) is 2.48. The highest BCUT2D eigenvalue weighted by Gasteiger charge is 2.16. The molecule has 0 saturated carbocycles. The van der Waals surface area contributed by atoms with Gasteiger partial charge in [0.25, 0.3) is 0 Å². The average Bonchev–Trinajstić information content (AvgIpc) is 2.85. The second-order valence-electron chi connectivity index (χ2n) is 5.47. The normalized spacial score (nSPS) is 12.3. The zero-order valence-electron chi connectivity index (χ0n) is 14.0. The van der Waals surface area contributed by atoms with Gasteiger partial charge in [-0.05, 0) is 38.5 Å². The molecule has 2 rings (SSSR count). The minimum atomic E-state index is -1.04. The van der Waals surface area contributed by atoms with Gasteiger partial charge in [-0.15, -0.1) is 0 Å². The molecule has 0 spiro atoms. The fourth-order valence-electron chi connectivity index (χ4n) is 2.43. The fourth-order valence-corrected chi connectivity index (χ4v) is 2.43. The topological polar surface area (TPSA) is 84.2 Å². The number of hydrogen-bond acceptors (Lipinski definition) is 3. The molecule has 1 unspecified atom stereocenters. The summed E-state index contributed by atoms with van der Waals surface area (Å²) in [5, 5.41) is 15.9. The van der Waals surface area contributed by atoms with Gasteiger partial charge < -0.3 is 10.4 Å². The maximum absolute atomic E-state index is 11.9. The van der Waals surface area contributed by atoms with E-state index < -0.39 is 17.9 Å². The van der Waals surface area contributed by atoms with Crippen LogP contribution in [-0.2, 0) is 9.59 Å². The molecular weight excluding hydrogens is 306 g/mol. The number of benzene rings is 1. The van der Waals surface area contributed by atoms with Crippen LogP contribution in [0.1, 0.15) is 30.3 Å². The lowest BCUT2D eigenvalue weighted by atomic mass is 10.1. The van der Waals surface area contributed by atoms with Crippen molar-refractivity contribution in [2.45, 2.75) is 33.2 Å². The van der Waals surface area contributed by atoms with E-state index in [1.807, 2.05) is 48.9 Å². The predicted molar refractivity (Wildman–Crippen MR) is 91.9 cm³/mol. The summed E-state index contributed by atoms with van der Waals surface area (Å²) in [4.78, 5) is 22.9. The first-order valence-electron chi connectivity index (χ1n) is 7.77. The summed E-state index contributed by atoms with van der Waals surface area (Å²) in [5.74, 6) is -1.47. The summed E-state index contributed by atoms with van der Waals surface area (Å²) in [6, 6.07) is 8.84. The van der Waals surface area contributed by atoms with Crippen molar-refractivity contribution >= 4 is 18.0 Å². The van der Waals surface area contributed by atoms with Crippen molar-refractivity contribution in [2.24, 2.45) is 0 Å². The van der Waals surface area contributed by atoms with Gasteiger partial charge in [-0.2, -0.15) is 5.10 Å². The Kier molecular flexibility index (Phi) is 5.52. The van der Waals surface area contributed by atoms with E-state index in [0.29, 0.717) is 6.42 Å². The molecule has 1 amide bonds. The summed E-state index contributed by atoms with van der Waals surface area (Å²) >= 11 is 0. The number of carbonyl (C=O) groups is 2. The van der Waals surface area contributed by atoms with Gasteiger partial charge in [0, 0.05) is 17.3 Å². The minimum Gasteiger partial charge on any atom is -0.480 e. The molecule has 126 valence electrons. The van der Waals surface area contributed by atoms with Crippen molar-refractivity contribution in [1.82, 2.24) is 15.1 Å². The first-order chi connectivity index (χ1) is 11.4. The van der Waals surface area contributed by atoms with Crippen LogP contribution in [0, 0.1) is 13.8 Å². The van der Waals surface area contributed by atoms with Crippen molar-refractivity contribution in [2.75, 3.05) is 0 Å². The van der Waals surface area contributed by atoms with E-state index in [4.69, 9.17) is 5.11 Å². The van der Waals surface area contributed by atoms with Crippen molar-refractivity contribution in [3.8, 4) is 5.69 Å². The molecule has 0 fully saturated rings. The summed E-state index contributed by atoms with van der Waals surface area (Å²) in [6.07, 6.45) is 3.35. The molecule has 0 saturated heterocycles. The van der Waals surface area contributed by atoms with Crippen LogP contribution in [0.25, 0.3) is 11.8 Å². The van der Waals surface area contributed by atoms with Gasteiger partial charge in [0.15, 0.2) is 0 Å². The zero-order valence-corrected chi connectivity index (χ0v) is 14.0.